The van der Waals surface area contributed by atoms with Crippen molar-refractivity contribution in [2.75, 3.05) is 0 Å². The maximum absolute atomic E-state index is 12.7. The lowest BCUT2D eigenvalue weighted by Gasteiger charge is -2.12. The first kappa shape index (κ1) is 14.2. The van der Waals surface area contributed by atoms with E-state index in [-0.39, 0.29) is 12.4 Å². The zero-order chi connectivity index (χ0) is 14.5. The van der Waals surface area contributed by atoms with Gasteiger partial charge in [-0.25, -0.2) is 4.39 Å². The van der Waals surface area contributed by atoms with Crippen LogP contribution in [0.5, 0.6) is 0 Å². The van der Waals surface area contributed by atoms with Crippen LogP contribution in [0.4, 0.5) is 4.39 Å². The van der Waals surface area contributed by atoms with Gasteiger partial charge in [-0.15, -0.1) is 0 Å². The van der Waals surface area contributed by atoms with E-state index in [2.05, 4.69) is 5.32 Å². The summed E-state index contributed by atoms with van der Waals surface area (Å²) in [6.07, 6.45) is -1.20. The molecular weight excluding hydrogens is 257 g/mol. The Bertz CT molecular complexity index is 578. The predicted octanol–water partition coefficient (Wildman–Crippen LogP) is 2.48. The van der Waals surface area contributed by atoms with Crippen molar-refractivity contribution in [2.45, 2.75) is 19.6 Å². The first-order valence-electron chi connectivity index (χ1n) is 6.33. The fourth-order valence-corrected chi connectivity index (χ4v) is 1.79. The Hall–Kier alpha value is -2.20. The number of hydrogen-bond donors (Lipinski definition) is 2. The van der Waals surface area contributed by atoms with E-state index in [0.29, 0.717) is 5.56 Å². The van der Waals surface area contributed by atoms with E-state index < -0.39 is 12.0 Å². The van der Waals surface area contributed by atoms with Crippen LogP contribution in [-0.4, -0.2) is 11.0 Å². The Kier molecular flexibility index (Phi) is 4.48. The Morgan fingerprint density at radius 2 is 1.75 bits per heavy atom. The van der Waals surface area contributed by atoms with Crippen LogP contribution < -0.4 is 5.32 Å². The molecule has 20 heavy (non-hydrogen) atoms. The molecule has 2 aromatic rings. The van der Waals surface area contributed by atoms with Gasteiger partial charge in [-0.3, -0.25) is 4.79 Å². The number of rotatable bonds is 4. The highest BCUT2D eigenvalue weighted by Gasteiger charge is 2.16. The van der Waals surface area contributed by atoms with E-state index in [1.165, 1.54) is 12.1 Å². The quantitative estimate of drug-likeness (QED) is 0.899. The van der Waals surface area contributed by atoms with Crippen LogP contribution in [0.2, 0.25) is 0 Å². The van der Waals surface area contributed by atoms with Gasteiger partial charge in [0.15, 0.2) is 6.10 Å². The van der Waals surface area contributed by atoms with Gasteiger partial charge in [-0.2, -0.15) is 0 Å². The molecule has 1 unspecified atom stereocenters. The molecule has 0 aliphatic rings. The van der Waals surface area contributed by atoms with Crippen LogP contribution in [0.25, 0.3) is 0 Å². The van der Waals surface area contributed by atoms with Gasteiger partial charge in [0.25, 0.3) is 5.91 Å². The lowest BCUT2D eigenvalue weighted by atomic mass is 10.1. The van der Waals surface area contributed by atoms with Crippen LogP contribution in [0.1, 0.15) is 22.8 Å². The Balaban J connectivity index is 1.94. The van der Waals surface area contributed by atoms with Gasteiger partial charge in [-0.1, -0.05) is 42.0 Å². The number of amides is 1. The number of aliphatic hydroxyl groups excluding tert-OH is 1. The van der Waals surface area contributed by atoms with E-state index in [1.807, 2.05) is 19.1 Å². The molecule has 0 aliphatic heterocycles. The second kappa shape index (κ2) is 6.30. The number of nitrogens with one attached hydrogen (secondary N) is 1. The molecular formula is C16H16FNO2. The molecule has 3 nitrogen and oxygen atoms in total. The first-order valence-corrected chi connectivity index (χ1v) is 6.33. The second-order valence-electron chi connectivity index (χ2n) is 4.66. The summed E-state index contributed by atoms with van der Waals surface area (Å²) < 4.78 is 12.7. The third-order valence-corrected chi connectivity index (χ3v) is 3.02. The van der Waals surface area contributed by atoms with Crippen molar-refractivity contribution in [3.63, 3.8) is 0 Å². The fraction of sp³-hybridized carbons (Fsp3) is 0.188. The molecule has 0 aliphatic carbocycles. The first-order chi connectivity index (χ1) is 9.56. The van der Waals surface area contributed by atoms with Crippen molar-refractivity contribution in [1.82, 2.24) is 5.32 Å². The maximum Gasteiger partial charge on any atom is 0.253 e. The number of hydrogen-bond acceptors (Lipinski definition) is 2. The van der Waals surface area contributed by atoms with Gasteiger partial charge in [0.05, 0.1) is 0 Å². The lowest BCUT2D eigenvalue weighted by Crippen LogP contribution is -2.28. The van der Waals surface area contributed by atoms with Gasteiger partial charge in [0, 0.05) is 6.54 Å². The van der Waals surface area contributed by atoms with Crippen LogP contribution >= 0.6 is 0 Å². The van der Waals surface area contributed by atoms with E-state index in [9.17, 15) is 14.3 Å². The molecule has 2 rings (SSSR count). The zero-order valence-electron chi connectivity index (χ0n) is 11.1. The van der Waals surface area contributed by atoms with E-state index in [4.69, 9.17) is 0 Å². The van der Waals surface area contributed by atoms with E-state index in [0.717, 1.165) is 11.1 Å². The average Bonchev–Trinajstić information content (AvgIpc) is 2.46. The van der Waals surface area contributed by atoms with Gasteiger partial charge in [0.2, 0.25) is 0 Å². The summed E-state index contributed by atoms with van der Waals surface area (Å²) in [5.74, 6) is -0.794. The Morgan fingerprint density at radius 1 is 1.15 bits per heavy atom. The number of halogens is 1. The minimum atomic E-state index is -1.20. The monoisotopic (exact) mass is 273 g/mol. The topological polar surface area (TPSA) is 49.3 Å². The molecule has 0 spiro atoms. The highest BCUT2D eigenvalue weighted by atomic mass is 19.1. The van der Waals surface area contributed by atoms with Crippen molar-refractivity contribution in [3.05, 3.63) is 71.0 Å². The molecule has 0 radical (unpaired) electrons. The molecule has 0 bridgehead atoms. The molecule has 1 amide bonds. The summed E-state index contributed by atoms with van der Waals surface area (Å²) in [7, 11) is 0. The SMILES string of the molecule is Cc1ccc(C(O)C(=O)NCc2ccc(F)cc2)cc1. The summed E-state index contributed by atoms with van der Waals surface area (Å²) >= 11 is 0. The Morgan fingerprint density at radius 3 is 2.35 bits per heavy atom. The van der Waals surface area contributed by atoms with Crippen LogP contribution in [0.3, 0.4) is 0 Å². The van der Waals surface area contributed by atoms with Gasteiger partial charge < -0.3 is 10.4 Å². The van der Waals surface area contributed by atoms with Crippen LogP contribution in [-0.2, 0) is 11.3 Å². The third kappa shape index (κ3) is 3.65. The summed E-state index contributed by atoms with van der Waals surface area (Å²) in [4.78, 5) is 11.8. The van der Waals surface area contributed by atoms with Crippen LogP contribution in [0.15, 0.2) is 48.5 Å². The molecule has 0 fully saturated rings. The summed E-state index contributed by atoms with van der Waals surface area (Å²) in [5.41, 5.74) is 2.38. The number of carbonyl (C=O) groups is 1. The second-order valence-corrected chi connectivity index (χ2v) is 4.66. The third-order valence-electron chi connectivity index (χ3n) is 3.02. The smallest absolute Gasteiger partial charge is 0.253 e. The van der Waals surface area contributed by atoms with Crippen molar-refractivity contribution in [2.24, 2.45) is 0 Å². The van der Waals surface area contributed by atoms with E-state index in [1.54, 1.807) is 24.3 Å². The molecule has 0 saturated heterocycles. The largest absolute Gasteiger partial charge is 0.378 e. The average molecular weight is 273 g/mol. The lowest BCUT2D eigenvalue weighted by molar-refractivity contribution is -0.129. The maximum atomic E-state index is 12.7. The molecule has 4 heteroatoms. The predicted molar refractivity (Wildman–Crippen MR) is 74.4 cm³/mol. The normalized spacial score (nSPS) is 11.9. The number of aliphatic hydroxyl groups is 1. The molecule has 2 aromatic carbocycles. The van der Waals surface area contributed by atoms with Crippen molar-refractivity contribution in [1.29, 1.82) is 0 Å². The molecule has 104 valence electrons. The Labute approximate surface area is 117 Å². The van der Waals surface area contributed by atoms with Gasteiger partial charge in [-0.05, 0) is 30.2 Å². The number of benzene rings is 2. The summed E-state index contributed by atoms with van der Waals surface area (Å²) in [5, 5.41) is 12.5. The van der Waals surface area contributed by atoms with Gasteiger partial charge in [0.1, 0.15) is 5.82 Å². The van der Waals surface area contributed by atoms with Crippen molar-refractivity contribution < 1.29 is 14.3 Å². The number of carbonyl (C=O) groups excluding carboxylic acids is 1. The van der Waals surface area contributed by atoms with Crippen molar-refractivity contribution >= 4 is 5.91 Å². The highest BCUT2D eigenvalue weighted by molar-refractivity contribution is 5.81. The molecule has 2 N–H and O–H groups in total. The molecule has 1 atom stereocenters. The van der Waals surface area contributed by atoms with Crippen LogP contribution in [0, 0.1) is 12.7 Å². The standard InChI is InChI=1S/C16H16FNO2/c1-11-2-6-13(7-3-11)15(19)16(20)18-10-12-4-8-14(17)9-5-12/h2-9,15,19H,10H2,1H3,(H,18,20). The van der Waals surface area contributed by atoms with Gasteiger partial charge >= 0.3 is 0 Å². The molecule has 0 aromatic heterocycles. The highest BCUT2D eigenvalue weighted by Crippen LogP contribution is 2.14. The fourth-order valence-electron chi connectivity index (χ4n) is 1.79. The summed E-state index contributed by atoms with van der Waals surface area (Å²) in [6.45, 7) is 2.19. The summed E-state index contributed by atoms with van der Waals surface area (Å²) in [6, 6.07) is 13.0. The van der Waals surface area contributed by atoms with Crippen molar-refractivity contribution in [3.8, 4) is 0 Å². The van der Waals surface area contributed by atoms with E-state index >= 15 is 0 Å². The molecule has 0 saturated carbocycles. The zero-order valence-corrected chi connectivity index (χ0v) is 11.1. The number of aryl methyl sites for hydroxylation is 1. The minimum Gasteiger partial charge on any atom is -0.378 e. The molecule has 0 heterocycles. The minimum absolute atomic E-state index is 0.252.